The van der Waals surface area contributed by atoms with Crippen molar-refractivity contribution in [3.05, 3.63) is 35.8 Å². The highest BCUT2D eigenvalue weighted by Crippen LogP contribution is 2.33. The van der Waals surface area contributed by atoms with E-state index in [0.29, 0.717) is 5.92 Å². The zero-order chi connectivity index (χ0) is 15.9. The number of H-pyrrole nitrogens is 1. The van der Waals surface area contributed by atoms with E-state index in [2.05, 4.69) is 11.9 Å². The molecule has 1 fully saturated rings. The summed E-state index contributed by atoms with van der Waals surface area (Å²) in [6.07, 6.45) is 4.09. The molecule has 0 saturated carbocycles. The first-order valence-electron chi connectivity index (χ1n) is 7.96. The highest BCUT2D eigenvalue weighted by molar-refractivity contribution is 5.94. The van der Waals surface area contributed by atoms with Gasteiger partial charge in [-0.3, -0.25) is 4.79 Å². The molecule has 4 heteroatoms. The van der Waals surface area contributed by atoms with Crippen LogP contribution >= 0.6 is 0 Å². The smallest absolute Gasteiger partial charge is 0.232 e. The predicted molar refractivity (Wildman–Crippen MR) is 86.3 cm³/mol. The monoisotopic (exact) mass is 302 g/mol. The molecular formula is C18H23FN2O. The average Bonchev–Trinajstić information content (AvgIpc) is 2.90. The van der Waals surface area contributed by atoms with Crippen LogP contribution in [-0.2, 0) is 10.2 Å². The Hall–Kier alpha value is -1.84. The van der Waals surface area contributed by atoms with E-state index in [9.17, 15) is 9.18 Å². The van der Waals surface area contributed by atoms with Crippen LogP contribution in [0.5, 0.6) is 0 Å². The fourth-order valence-electron chi connectivity index (χ4n) is 3.49. The predicted octanol–water partition coefficient (Wildman–Crippen LogP) is 3.84. The van der Waals surface area contributed by atoms with Gasteiger partial charge in [0, 0.05) is 30.2 Å². The van der Waals surface area contributed by atoms with Crippen LogP contribution in [0.25, 0.3) is 10.9 Å². The number of fused-ring (bicyclic) bond motifs is 1. The van der Waals surface area contributed by atoms with E-state index in [1.54, 1.807) is 6.07 Å². The summed E-state index contributed by atoms with van der Waals surface area (Å²) >= 11 is 0. The summed E-state index contributed by atoms with van der Waals surface area (Å²) in [5.41, 5.74) is 1.07. The van der Waals surface area contributed by atoms with Crippen molar-refractivity contribution in [2.75, 3.05) is 13.1 Å². The van der Waals surface area contributed by atoms with Gasteiger partial charge in [-0.05, 0) is 56.4 Å². The summed E-state index contributed by atoms with van der Waals surface area (Å²) in [4.78, 5) is 18.1. The molecule has 1 atom stereocenters. The lowest BCUT2D eigenvalue weighted by atomic mass is 9.82. The maximum Gasteiger partial charge on any atom is 0.232 e. The minimum absolute atomic E-state index is 0.129. The number of amides is 1. The summed E-state index contributed by atoms with van der Waals surface area (Å²) in [5.74, 6) is 0.404. The molecule has 3 rings (SSSR count). The number of piperidine rings is 1. The molecule has 22 heavy (non-hydrogen) atoms. The first-order valence-corrected chi connectivity index (χ1v) is 7.96. The van der Waals surface area contributed by atoms with E-state index in [4.69, 9.17) is 0 Å². The van der Waals surface area contributed by atoms with Crippen molar-refractivity contribution in [1.29, 1.82) is 0 Å². The fourth-order valence-corrected chi connectivity index (χ4v) is 3.49. The van der Waals surface area contributed by atoms with Crippen molar-refractivity contribution in [3.8, 4) is 0 Å². The Morgan fingerprint density at radius 1 is 1.41 bits per heavy atom. The Kier molecular flexibility index (Phi) is 3.71. The van der Waals surface area contributed by atoms with Crippen molar-refractivity contribution in [3.63, 3.8) is 0 Å². The molecule has 1 unspecified atom stereocenters. The van der Waals surface area contributed by atoms with E-state index in [1.807, 2.05) is 24.9 Å². The largest absolute Gasteiger partial charge is 0.361 e. The third-order valence-corrected chi connectivity index (χ3v) is 4.80. The molecule has 2 aromatic rings. The third-order valence-electron chi connectivity index (χ3n) is 4.80. The number of likely N-dealkylation sites (tertiary alicyclic amines) is 1. The van der Waals surface area contributed by atoms with Crippen molar-refractivity contribution >= 4 is 16.8 Å². The first kappa shape index (κ1) is 15.1. The summed E-state index contributed by atoms with van der Waals surface area (Å²) in [7, 11) is 0. The number of benzene rings is 1. The number of carbonyl (C=O) groups excluding carboxylic acids is 1. The number of rotatable bonds is 2. The molecule has 118 valence electrons. The van der Waals surface area contributed by atoms with Crippen LogP contribution in [0.15, 0.2) is 24.4 Å². The van der Waals surface area contributed by atoms with Crippen molar-refractivity contribution in [1.82, 2.24) is 9.88 Å². The fraction of sp³-hybridized carbons (Fsp3) is 0.500. The number of nitrogens with zero attached hydrogens (tertiary/aromatic N) is 1. The van der Waals surface area contributed by atoms with Gasteiger partial charge in [-0.2, -0.15) is 0 Å². The van der Waals surface area contributed by atoms with Crippen LogP contribution in [0.3, 0.4) is 0 Å². The van der Waals surface area contributed by atoms with Crippen molar-refractivity contribution in [2.24, 2.45) is 5.92 Å². The van der Waals surface area contributed by atoms with Crippen molar-refractivity contribution in [2.45, 2.75) is 39.0 Å². The molecule has 1 aromatic carbocycles. The lowest BCUT2D eigenvalue weighted by Gasteiger charge is -2.36. The second-order valence-corrected chi connectivity index (χ2v) is 7.02. The molecule has 0 bridgehead atoms. The molecule has 2 heterocycles. The van der Waals surface area contributed by atoms with Gasteiger partial charge >= 0.3 is 0 Å². The van der Waals surface area contributed by atoms with Gasteiger partial charge in [0.25, 0.3) is 0 Å². The zero-order valence-corrected chi connectivity index (χ0v) is 13.4. The molecule has 3 nitrogen and oxygen atoms in total. The van der Waals surface area contributed by atoms with Gasteiger partial charge in [-0.1, -0.05) is 6.92 Å². The van der Waals surface area contributed by atoms with Gasteiger partial charge in [-0.25, -0.2) is 4.39 Å². The topological polar surface area (TPSA) is 36.1 Å². The molecule has 0 aliphatic carbocycles. The number of nitrogens with one attached hydrogen (secondary N) is 1. The van der Waals surface area contributed by atoms with Gasteiger partial charge in [-0.15, -0.1) is 0 Å². The van der Waals surface area contributed by atoms with Crippen LogP contribution in [0.4, 0.5) is 4.39 Å². The molecule has 1 aliphatic rings. The number of hydrogen-bond donors (Lipinski definition) is 1. The van der Waals surface area contributed by atoms with Crippen LogP contribution in [0, 0.1) is 11.7 Å². The van der Waals surface area contributed by atoms with E-state index >= 15 is 0 Å². The van der Waals surface area contributed by atoms with Gasteiger partial charge in [0.05, 0.1) is 5.41 Å². The molecule has 0 spiro atoms. The molecule has 1 aromatic heterocycles. The summed E-state index contributed by atoms with van der Waals surface area (Å²) in [6.45, 7) is 7.69. The minimum atomic E-state index is -0.664. The lowest BCUT2D eigenvalue weighted by Crippen LogP contribution is -2.47. The molecular weight excluding hydrogens is 279 g/mol. The van der Waals surface area contributed by atoms with Crippen LogP contribution in [0.1, 0.15) is 39.2 Å². The number of halogens is 1. The zero-order valence-electron chi connectivity index (χ0n) is 13.4. The molecule has 1 N–H and O–H groups in total. The molecule has 0 radical (unpaired) electrons. The average molecular weight is 302 g/mol. The lowest BCUT2D eigenvalue weighted by molar-refractivity contribution is -0.138. The number of aromatic nitrogens is 1. The summed E-state index contributed by atoms with van der Waals surface area (Å²) in [6, 6.07) is 4.66. The maximum atomic E-state index is 13.6. The Bertz CT molecular complexity index is 704. The van der Waals surface area contributed by atoms with Crippen molar-refractivity contribution < 1.29 is 9.18 Å². The highest BCUT2D eigenvalue weighted by Gasteiger charge is 2.36. The molecule has 1 aliphatic heterocycles. The second kappa shape index (κ2) is 5.41. The Labute approximate surface area is 130 Å². The standard InChI is InChI=1S/C18H23FN2O/c1-12-5-4-8-21(11-12)17(22)18(2,3)15-10-20-16-7-6-13(19)9-14(15)16/h6-7,9-10,12,20H,4-5,8,11H2,1-3H3. The number of hydrogen-bond acceptors (Lipinski definition) is 1. The van der Waals surface area contributed by atoms with Crippen LogP contribution in [0.2, 0.25) is 0 Å². The number of aromatic amines is 1. The first-order chi connectivity index (χ1) is 10.4. The quantitative estimate of drug-likeness (QED) is 0.899. The summed E-state index contributed by atoms with van der Waals surface area (Å²) in [5, 5.41) is 0.795. The van der Waals surface area contributed by atoms with E-state index < -0.39 is 5.41 Å². The van der Waals surface area contributed by atoms with Crippen LogP contribution in [-0.4, -0.2) is 28.9 Å². The summed E-state index contributed by atoms with van der Waals surface area (Å²) < 4.78 is 13.6. The van der Waals surface area contributed by atoms with Gasteiger partial charge < -0.3 is 9.88 Å². The normalized spacial score (nSPS) is 19.6. The molecule has 1 saturated heterocycles. The van der Waals surface area contributed by atoms with E-state index in [0.717, 1.165) is 36.0 Å². The third kappa shape index (κ3) is 2.51. The highest BCUT2D eigenvalue weighted by atomic mass is 19.1. The number of carbonyl (C=O) groups is 1. The van der Waals surface area contributed by atoms with Gasteiger partial charge in [0.1, 0.15) is 5.82 Å². The van der Waals surface area contributed by atoms with Gasteiger partial charge in [0.2, 0.25) is 5.91 Å². The van der Waals surface area contributed by atoms with E-state index in [1.165, 1.54) is 18.6 Å². The SMILES string of the molecule is CC1CCCN(C(=O)C(C)(C)c2c[nH]c3ccc(F)cc23)C1. The van der Waals surface area contributed by atoms with E-state index in [-0.39, 0.29) is 11.7 Å². The Balaban J connectivity index is 1.96. The molecule has 1 amide bonds. The Morgan fingerprint density at radius 2 is 2.18 bits per heavy atom. The Morgan fingerprint density at radius 3 is 2.91 bits per heavy atom. The van der Waals surface area contributed by atoms with Gasteiger partial charge in [0.15, 0.2) is 0 Å². The maximum absolute atomic E-state index is 13.6. The second-order valence-electron chi connectivity index (χ2n) is 7.02. The van der Waals surface area contributed by atoms with Crippen LogP contribution < -0.4 is 0 Å². The minimum Gasteiger partial charge on any atom is -0.361 e.